The minimum absolute atomic E-state index is 0. The van der Waals surface area contributed by atoms with Gasteiger partial charge in [0.25, 0.3) is 0 Å². The van der Waals surface area contributed by atoms with Crippen molar-refractivity contribution in [1.82, 2.24) is 0 Å². The second-order valence-electron chi connectivity index (χ2n) is 3.66. The maximum absolute atomic E-state index is 8.53. The van der Waals surface area contributed by atoms with Gasteiger partial charge in [0.1, 0.15) is 0 Å². The molecule has 0 heterocycles. The van der Waals surface area contributed by atoms with Crippen molar-refractivity contribution < 1.29 is 17.1 Å². The van der Waals surface area contributed by atoms with E-state index < -0.39 is 0 Å². The van der Waals surface area contributed by atoms with Crippen molar-refractivity contribution in [2.45, 2.75) is 26.2 Å². The SMILES string of the molecule is CS[C-]=C(CCCC#N)c1ccc(C)cc1.[Cu+]. The van der Waals surface area contributed by atoms with Crippen molar-refractivity contribution in [3.05, 3.63) is 40.8 Å². The first kappa shape index (κ1) is 16.3. The van der Waals surface area contributed by atoms with Crippen LogP contribution in [0, 0.1) is 23.7 Å². The first-order chi connectivity index (χ1) is 7.77. The van der Waals surface area contributed by atoms with Crippen LogP contribution in [-0.2, 0) is 17.1 Å². The Morgan fingerprint density at radius 3 is 2.53 bits per heavy atom. The van der Waals surface area contributed by atoms with Crippen LogP contribution in [0.2, 0.25) is 0 Å². The third kappa shape index (κ3) is 5.98. The van der Waals surface area contributed by atoms with Gasteiger partial charge in [0, 0.05) is 6.42 Å². The summed E-state index contributed by atoms with van der Waals surface area (Å²) in [5.41, 5.74) is 3.70. The minimum atomic E-state index is 0. The summed E-state index contributed by atoms with van der Waals surface area (Å²) in [7, 11) is 0. The first-order valence-corrected chi connectivity index (χ1v) is 6.59. The van der Waals surface area contributed by atoms with Gasteiger partial charge >= 0.3 is 17.1 Å². The summed E-state index contributed by atoms with van der Waals surface area (Å²) in [6.45, 7) is 2.08. The summed E-state index contributed by atoms with van der Waals surface area (Å²) < 4.78 is 0. The zero-order chi connectivity index (χ0) is 11.8. The number of nitriles is 1. The van der Waals surface area contributed by atoms with Crippen LogP contribution in [0.4, 0.5) is 0 Å². The van der Waals surface area contributed by atoms with E-state index >= 15 is 0 Å². The van der Waals surface area contributed by atoms with Crippen LogP contribution in [0.25, 0.3) is 5.57 Å². The molecular formula is C14H16CuNS. The molecule has 0 spiro atoms. The van der Waals surface area contributed by atoms with Crippen LogP contribution in [0.1, 0.15) is 30.4 Å². The zero-order valence-electron chi connectivity index (χ0n) is 10.1. The summed E-state index contributed by atoms with van der Waals surface area (Å²) in [6.07, 6.45) is 4.47. The quantitative estimate of drug-likeness (QED) is 0.462. The number of hydrogen-bond donors (Lipinski definition) is 0. The molecule has 0 atom stereocenters. The molecule has 0 saturated heterocycles. The average molecular weight is 294 g/mol. The van der Waals surface area contributed by atoms with Crippen molar-refractivity contribution in [2.24, 2.45) is 0 Å². The molecule has 0 bridgehead atoms. The van der Waals surface area contributed by atoms with Gasteiger partial charge in [-0.2, -0.15) is 10.8 Å². The molecule has 0 saturated carbocycles. The summed E-state index contributed by atoms with van der Waals surface area (Å²) >= 11 is 1.60. The fraction of sp³-hybridized carbons (Fsp3) is 0.357. The normalized spacial score (nSPS) is 10.5. The number of nitrogens with zero attached hydrogens (tertiary/aromatic N) is 1. The molecule has 1 aromatic carbocycles. The van der Waals surface area contributed by atoms with E-state index in [0.717, 1.165) is 12.8 Å². The molecule has 0 aromatic heterocycles. The fourth-order valence-corrected chi connectivity index (χ4v) is 1.94. The predicted molar refractivity (Wildman–Crippen MR) is 70.8 cm³/mol. The van der Waals surface area contributed by atoms with Gasteiger partial charge in [-0.05, 0) is 19.6 Å². The molecule has 0 unspecified atom stereocenters. The maximum atomic E-state index is 8.53. The second kappa shape index (κ2) is 9.36. The van der Waals surface area contributed by atoms with Crippen LogP contribution in [0.3, 0.4) is 0 Å². The Kier molecular flexibility index (Phi) is 8.99. The van der Waals surface area contributed by atoms with E-state index in [1.54, 1.807) is 11.8 Å². The Bertz CT molecular complexity index is 390. The van der Waals surface area contributed by atoms with Crippen molar-refractivity contribution in [1.29, 1.82) is 5.26 Å². The number of thioether (sulfide) groups is 1. The van der Waals surface area contributed by atoms with Crippen LogP contribution in [-0.4, -0.2) is 6.26 Å². The van der Waals surface area contributed by atoms with E-state index in [0.29, 0.717) is 6.42 Å². The minimum Gasteiger partial charge on any atom is -0.249 e. The van der Waals surface area contributed by atoms with E-state index in [9.17, 15) is 0 Å². The molecule has 94 valence electrons. The molecule has 0 aliphatic rings. The van der Waals surface area contributed by atoms with Crippen LogP contribution < -0.4 is 0 Å². The molecule has 0 aliphatic carbocycles. The smallest absolute Gasteiger partial charge is 0.249 e. The fourth-order valence-electron chi connectivity index (χ4n) is 1.48. The Balaban J connectivity index is 0.00000256. The van der Waals surface area contributed by atoms with Gasteiger partial charge < -0.3 is 0 Å². The molecule has 17 heavy (non-hydrogen) atoms. The maximum Gasteiger partial charge on any atom is 1.00 e. The topological polar surface area (TPSA) is 23.8 Å². The second-order valence-corrected chi connectivity index (χ2v) is 4.27. The summed E-state index contributed by atoms with van der Waals surface area (Å²) in [5, 5.41) is 11.8. The van der Waals surface area contributed by atoms with Crippen molar-refractivity contribution in [2.75, 3.05) is 6.26 Å². The Morgan fingerprint density at radius 1 is 1.35 bits per heavy atom. The Hall–Kier alpha value is -0.681. The molecule has 0 fully saturated rings. The van der Waals surface area contributed by atoms with E-state index in [1.807, 2.05) is 6.26 Å². The molecule has 1 nitrogen and oxygen atoms in total. The molecule has 1 aromatic rings. The number of hydrogen-bond acceptors (Lipinski definition) is 2. The molecule has 0 amide bonds. The van der Waals surface area contributed by atoms with Gasteiger partial charge in [-0.25, -0.2) is 22.7 Å². The van der Waals surface area contributed by atoms with Crippen molar-refractivity contribution >= 4 is 17.3 Å². The van der Waals surface area contributed by atoms with Crippen LogP contribution in [0.5, 0.6) is 0 Å². The number of rotatable bonds is 5. The standard InChI is InChI=1S/C14H16NS.Cu/c1-12-6-8-13(9-7-12)14(11-16-2)5-3-4-10-15;/h6-9H,3-5H2,1-2H3;/q-1;+1. The Morgan fingerprint density at radius 2 is 2.00 bits per heavy atom. The van der Waals surface area contributed by atoms with E-state index in [-0.39, 0.29) is 17.1 Å². The van der Waals surface area contributed by atoms with Gasteiger partial charge in [-0.15, -0.1) is 12.1 Å². The van der Waals surface area contributed by atoms with E-state index in [1.165, 1.54) is 16.7 Å². The third-order valence-electron chi connectivity index (χ3n) is 2.34. The monoisotopic (exact) mass is 293 g/mol. The molecule has 0 aliphatic heterocycles. The van der Waals surface area contributed by atoms with Crippen LogP contribution >= 0.6 is 11.8 Å². The molecule has 0 radical (unpaired) electrons. The predicted octanol–water partition coefficient (Wildman–Crippen LogP) is 4.19. The molecule has 3 heteroatoms. The number of benzene rings is 1. The Labute approximate surface area is 119 Å². The van der Waals surface area contributed by atoms with Gasteiger partial charge in [0.15, 0.2) is 0 Å². The summed E-state index contributed by atoms with van der Waals surface area (Å²) in [4.78, 5) is 0. The summed E-state index contributed by atoms with van der Waals surface area (Å²) in [6, 6.07) is 10.7. The largest absolute Gasteiger partial charge is 1.00 e. The van der Waals surface area contributed by atoms with Crippen molar-refractivity contribution in [3.8, 4) is 6.07 Å². The number of unbranched alkanes of at least 4 members (excludes halogenated alkanes) is 1. The molecule has 0 N–H and O–H groups in total. The molecule has 1 rings (SSSR count). The third-order valence-corrected chi connectivity index (χ3v) is 2.79. The van der Waals surface area contributed by atoms with Crippen molar-refractivity contribution in [3.63, 3.8) is 0 Å². The zero-order valence-corrected chi connectivity index (χ0v) is 11.8. The summed E-state index contributed by atoms with van der Waals surface area (Å²) in [5.74, 6) is 0. The van der Waals surface area contributed by atoms with Crippen LogP contribution in [0.15, 0.2) is 24.3 Å². The van der Waals surface area contributed by atoms with E-state index in [4.69, 9.17) is 5.26 Å². The first-order valence-electron chi connectivity index (χ1n) is 5.36. The average Bonchev–Trinajstić information content (AvgIpc) is 2.29. The van der Waals surface area contributed by atoms with Gasteiger partial charge in [-0.1, -0.05) is 24.1 Å². The number of aryl methyl sites for hydroxylation is 1. The van der Waals surface area contributed by atoms with Gasteiger partial charge in [0.2, 0.25) is 0 Å². The van der Waals surface area contributed by atoms with Gasteiger partial charge in [0.05, 0.1) is 6.07 Å². The van der Waals surface area contributed by atoms with Gasteiger partial charge in [-0.3, -0.25) is 0 Å². The van der Waals surface area contributed by atoms with E-state index in [2.05, 4.69) is 42.7 Å². The number of allylic oxidation sites excluding steroid dienone is 1. The molecular weight excluding hydrogens is 278 g/mol.